The summed E-state index contributed by atoms with van der Waals surface area (Å²) in [7, 11) is 0. The first kappa shape index (κ1) is 16.5. The van der Waals surface area contributed by atoms with Crippen LogP contribution in [0, 0.1) is 6.92 Å². The van der Waals surface area contributed by atoms with Crippen molar-refractivity contribution in [2.45, 2.75) is 13.5 Å². The third-order valence-corrected chi connectivity index (χ3v) is 4.94. The molecule has 3 nitrogen and oxygen atoms in total. The molecular formula is C22H19N3S. The zero-order valence-electron chi connectivity index (χ0n) is 14.5. The number of aryl methyl sites for hydroxylation is 1. The van der Waals surface area contributed by atoms with Crippen molar-refractivity contribution in [3.8, 4) is 11.3 Å². The lowest BCUT2D eigenvalue weighted by atomic mass is 10.1. The molecule has 4 heteroatoms. The Bertz CT molecular complexity index is 1010. The SMILES string of the molecule is Cc1ccc(-c2csc(/C=C/c3cnn(Cc4ccccc4)c3)n2)cc1. The van der Waals surface area contributed by atoms with Crippen molar-refractivity contribution in [3.05, 3.63) is 94.1 Å². The molecule has 0 fully saturated rings. The second kappa shape index (κ2) is 7.50. The second-order valence-electron chi connectivity index (χ2n) is 6.23. The van der Waals surface area contributed by atoms with E-state index in [0.717, 1.165) is 28.4 Å². The summed E-state index contributed by atoms with van der Waals surface area (Å²) < 4.78 is 1.95. The van der Waals surface area contributed by atoms with E-state index in [9.17, 15) is 0 Å². The number of hydrogen-bond donors (Lipinski definition) is 0. The minimum absolute atomic E-state index is 0.781. The first-order valence-corrected chi connectivity index (χ1v) is 9.41. The summed E-state index contributed by atoms with van der Waals surface area (Å²) in [6.45, 7) is 2.88. The second-order valence-corrected chi connectivity index (χ2v) is 7.12. The quantitative estimate of drug-likeness (QED) is 0.470. The highest BCUT2D eigenvalue weighted by molar-refractivity contribution is 7.10. The summed E-state index contributed by atoms with van der Waals surface area (Å²) in [5.41, 5.74) is 5.76. The number of hydrogen-bond acceptors (Lipinski definition) is 3. The van der Waals surface area contributed by atoms with E-state index >= 15 is 0 Å². The Morgan fingerprint density at radius 2 is 1.81 bits per heavy atom. The summed E-state index contributed by atoms with van der Waals surface area (Å²) >= 11 is 1.65. The maximum Gasteiger partial charge on any atom is 0.116 e. The molecule has 0 bridgehead atoms. The molecule has 0 unspecified atom stereocenters. The molecule has 26 heavy (non-hydrogen) atoms. The highest BCUT2D eigenvalue weighted by Crippen LogP contribution is 2.23. The molecule has 0 saturated carbocycles. The summed E-state index contributed by atoms with van der Waals surface area (Å²) in [5.74, 6) is 0. The number of benzene rings is 2. The normalized spacial score (nSPS) is 11.3. The molecule has 0 spiro atoms. The Hall–Kier alpha value is -2.98. The predicted octanol–water partition coefficient (Wildman–Crippen LogP) is 5.53. The van der Waals surface area contributed by atoms with E-state index in [1.54, 1.807) is 11.3 Å². The molecular weight excluding hydrogens is 338 g/mol. The van der Waals surface area contributed by atoms with Crippen molar-refractivity contribution in [1.82, 2.24) is 14.8 Å². The lowest BCUT2D eigenvalue weighted by Crippen LogP contribution is -1.99. The molecule has 2 heterocycles. The highest BCUT2D eigenvalue weighted by Gasteiger charge is 2.03. The largest absolute Gasteiger partial charge is 0.268 e. The molecule has 4 aromatic rings. The van der Waals surface area contributed by atoms with Crippen LogP contribution in [0.1, 0.15) is 21.7 Å². The average molecular weight is 357 g/mol. The van der Waals surface area contributed by atoms with Gasteiger partial charge in [-0.1, -0.05) is 60.2 Å². The van der Waals surface area contributed by atoms with Crippen molar-refractivity contribution in [1.29, 1.82) is 0 Å². The van der Waals surface area contributed by atoms with Gasteiger partial charge in [0.05, 0.1) is 18.4 Å². The Labute approximate surface area is 157 Å². The molecule has 0 atom stereocenters. The topological polar surface area (TPSA) is 30.7 Å². The van der Waals surface area contributed by atoms with Gasteiger partial charge in [-0.3, -0.25) is 4.68 Å². The zero-order valence-corrected chi connectivity index (χ0v) is 15.4. The van der Waals surface area contributed by atoms with Crippen LogP contribution >= 0.6 is 11.3 Å². The smallest absolute Gasteiger partial charge is 0.116 e. The van der Waals surface area contributed by atoms with Crippen LogP contribution in [0.25, 0.3) is 23.4 Å². The zero-order chi connectivity index (χ0) is 17.8. The van der Waals surface area contributed by atoms with Gasteiger partial charge >= 0.3 is 0 Å². The number of nitrogens with zero attached hydrogens (tertiary/aromatic N) is 3. The van der Waals surface area contributed by atoms with Gasteiger partial charge in [-0.25, -0.2) is 4.98 Å². The average Bonchev–Trinajstić information content (AvgIpc) is 3.31. The summed E-state index contributed by atoms with van der Waals surface area (Å²) in [6.07, 6.45) is 8.05. The van der Waals surface area contributed by atoms with E-state index in [-0.39, 0.29) is 0 Å². The van der Waals surface area contributed by atoms with Gasteiger partial charge in [0.1, 0.15) is 5.01 Å². The number of thiazole rings is 1. The minimum Gasteiger partial charge on any atom is -0.268 e. The van der Waals surface area contributed by atoms with E-state index in [4.69, 9.17) is 4.98 Å². The van der Waals surface area contributed by atoms with Gasteiger partial charge in [0.15, 0.2) is 0 Å². The van der Waals surface area contributed by atoms with Crippen LogP contribution in [0.4, 0.5) is 0 Å². The predicted molar refractivity (Wildman–Crippen MR) is 109 cm³/mol. The van der Waals surface area contributed by atoms with Crippen LogP contribution in [0.5, 0.6) is 0 Å². The van der Waals surface area contributed by atoms with Crippen LogP contribution in [0.15, 0.2) is 72.4 Å². The summed E-state index contributed by atoms with van der Waals surface area (Å²) in [4.78, 5) is 4.70. The summed E-state index contributed by atoms with van der Waals surface area (Å²) in [6, 6.07) is 18.8. The fraction of sp³-hybridized carbons (Fsp3) is 0.0909. The van der Waals surface area contributed by atoms with Crippen LogP contribution < -0.4 is 0 Å². The molecule has 0 saturated heterocycles. The van der Waals surface area contributed by atoms with E-state index in [0.29, 0.717) is 0 Å². The van der Waals surface area contributed by atoms with Gasteiger partial charge in [-0.15, -0.1) is 11.3 Å². The van der Waals surface area contributed by atoms with Gasteiger partial charge in [0.25, 0.3) is 0 Å². The van der Waals surface area contributed by atoms with Crippen molar-refractivity contribution in [2.24, 2.45) is 0 Å². The Balaban J connectivity index is 1.44. The van der Waals surface area contributed by atoms with Crippen molar-refractivity contribution in [3.63, 3.8) is 0 Å². The van der Waals surface area contributed by atoms with Crippen molar-refractivity contribution >= 4 is 23.5 Å². The number of aromatic nitrogens is 3. The molecule has 0 aliphatic heterocycles. The van der Waals surface area contributed by atoms with Crippen LogP contribution in [-0.4, -0.2) is 14.8 Å². The lowest BCUT2D eigenvalue weighted by Gasteiger charge is -2.00. The molecule has 4 rings (SSSR count). The Morgan fingerprint density at radius 1 is 1.00 bits per heavy atom. The van der Waals surface area contributed by atoms with E-state index in [2.05, 4.69) is 66.1 Å². The van der Waals surface area contributed by atoms with Gasteiger partial charge in [-0.05, 0) is 24.6 Å². The Morgan fingerprint density at radius 3 is 2.62 bits per heavy atom. The first-order valence-electron chi connectivity index (χ1n) is 8.53. The van der Waals surface area contributed by atoms with Gasteiger partial charge in [0.2, 0.25) is 0 Å². The third kappa shape index (κ3) is 3.98. The molecule has 128 valence electrons. The van der Waals surface area contributed by atoms with Crippen LogP contribution in [-0.2, 0) is 6.54 Å². The van der Waals surface area contributed by atoms with Crippen molar-refractivity contribution in [2.75, 3.05) is 0 Å². The van der Waals surface area contributed by atoms with Crippen LogP contribution in [0.3, 0.4) is 0 Å². The molecule has 2 aromatic carbocycles. The molecule has 0 radical (unpaired) electrons. The minimum atomic E-state index is 0.781. The Kier molecular flexibility index (Phi) is 4.75. The maximum atomic E-state index is 4.70. The van der Waals surface area contributed by atoms with Gasteiger partial charge in [-0.2, -0.15) is 5.10 Å². The third-order valence-electron chi connectivity index (χ3n) is 4.13. The lowest BCUT2D eigenvalue weighted by molar-refractivity contribution is 0.687. The van der Waals surface area contributed by atoms with E-state index in [1.807, 2.05) is 35.2 Å². The fourth-order valence-corrected chi connectivity index (χ4v) is 3.43. The standard InChI is InChI=1S/C22H19N3S/c1-17-7-10-20(11-8-17)21-16-26-22(24-21)12-9-19-13-23-25(15-19)14-18-5-3-2-4-6-18/h2-13,15-16H,14H2,1H3/b12-9+. The van der Waals surface area contributed by atoms with E-state index in [1.165, 1.54) is 11.1 Å². The molecule has 2 aromatic heterocycles. The molecule has 0 aliphatic carbocycles. The molecule has 0 N–H and O–H groups in total. The van der Waals surface area contributed by atoms with Crippen molar-refractivity contribution < 1.29 is 0 Å². The van der Waals surface area contributed by atoms with E-state index < -0.39 is 0 Å². The maximum absolute atomic E-state index is 4.70. The molecule has 0 aliphatic rings. The fourth-order valence-electron chi connectivity index (χ4n) is 2.71. The number of rotatable bonds is 5. The monoisotopic (exact) mass is 357 g/mol. The molecule has 0 amide bonds. The first-order chi connectivity index (χ1) is 12.8. The highest BCUT2D eigenvalue weighted by atomic mass is 32.1. The van der Waals surface area contributed by atoms with Gasteiger partial charge < -0.3 is 0 Å². The van der Waals surface area contributed by atoms with Crippen LogP contribution in [0.2, 0.25) is 0 Å². The van der Waals surface area contributed by atoms with Gasteiger partial charge in [0, 0.05) is 22.7 Å². The summed E-state index contributed by atoms with van der Waals surface area (Å²) in [5, 5.41) is 7.53.